The van der Waals surface area contributed by atoms with Gasteiger partial charge >= 0.3 is 0 Å². The van der Waals surface area contributed by atoms with Crippen molar-refractivity contribution in [3.05, 3.63) is 22.5 Å². The lowest BCUT2D eigenvalue weighted by molar-refractivity contribution is 0.0949. The maximum absolute atomic E-state index is 12.7. The molecular formula is C19H33N3O2. The van der Waals surface area contributed by atoms with E-state index in [2.05, 4.69) is 29.0 Å². The number of nitrogens with zero attached hydrogens (tertiary/aromatic N) is 1. The van der Waals surface area contributed by atoms with Crippen molar-refractivity contribution in [2.24, 2.45) is 0 Å². The van der Waals surface area contributed by atoms with E-state index >= 15 is 0 Å². The van der Waals surface area contributed by atoms with Crippen LogP contribution in [0.1, 0.15) is 91.9 Å². The van der Waals surface area contributed by atoms with Crippen molar-refractivity contribution in [3.8, 4) is 0 Å². The van der Waals surface area contributed by atoms with Crippen LogP contribution in [0.5, 0.6) is 0 Å². The fraction of sp³-hybridized carbons (Fsp3) is 0.684. The third-order valence-electron chi connectivity index (χ3n) is 4.43. The first-order valence-electron chi connectivity index (χ1n) is 9.08. The Morgan fingerprint density at radius 1 is 1.17 bits per heavy atom. The van der Waals surface area contributed by atoms with E-state index in [1.165, 1.54) is 0 Å². The summed E-state index contributed by atoms with van der Waals surface area (Å²) in [6.45, 7) is 16.1. The normalized spacial score (nSPS) is 11.5. The van der Waals surface area contributed by atoms with Crippen LogP contribution < -0.4 is 5.32 Å². The Hall–Kier alpha value is -1.62. The minimum absolute atomic E-state index is 0.0775. The highest BCUT2D eigenvalue weighted by atomic mass is 16.1. The van der Waals surface area contributed by atoms with E-state index in [-0.39, 0.29) is 17.7 Å². The largest absolute Gasteiger partial charge is 0.355 e. The first-order chi connectivity index (χ1) is 11.4. The van der Waals surface area contributed by atoms with Gasteiger partial charge < -0.3 is 15.2 Å². The molecule has 0 aromatic carbocycles. The molecule has 0 saturated heterocycles. The molecule has 1 amide bonds. The van der Waals surface area contributed by atoms with Gasteiger partial charge in [0, 0.05) is 12.2 Å². The van der Waals surface area contributed by atoms with Gasteiger partial charge in [0.05, 0.1) is 11.3 Å². The topological polar surface area (TPSA) is 65.2 Å². The Bertz CT molecular complexity index is 543. The lowest BCUT2D eigenvalue weighted by Gasteiger charge is -2.18. The second-order valence-corrected chi connectivity index (χ2v) is 6.80. The Labute approximate surface area is 146 Å². The summed E-state index contributed by atoms with van der Waals surface area (Å²) in [4.78, 5) is 29.6. The zero-order valence-electron chi connectivity index (χ0n) is 16.0. The lowest BCUT2D eigenvalue weighted by Crippen LogP contribution is -2.30. The molecule has 0 bridgehead atoms. The van der Waals surface area contributed by atoms with E-state index in [0.717, 1.165) is 43.6 Å². The van der Waals surface area contributed by atoms with Crippen LogP contribution in [0, 0.1) is 0 Å². The summed E-state index contributed by atoms with van der Waals surface area (Å²) >= 11 is 0. The Balaban J connectivity index is 2.89. The van der Waals surface area contributed by atoms with E-state index in [1.54, 1.807) is 0 Å². The predicted molar refractivity (Wildman–Crippen MR) is 99.1 cm³/mol. The number of nitrogens with one attached hydrogen (secondary N) is 2. The number of amides is 1. The summed E-state index contributed by atoms with van der Waals surface area (Å²) in [5.74, 6) is 0.198. The minimum atomic E-state index is -0.0775. The maximum atomic E-state index is 12.7. The summed E-state index contributed by atoms with van der Waals surface area (Å²) in [5, 5.41) is 3.03. The van der Waals surface area contributed by atoms with Crippen molar-refractivity contribution < 1.29 is 9.59 Å². The van der Waals surface area contributed by atoms with Crippen molar-refractivity contribution >= 4 is 12.2 Å². The molecule has 0 aliphatic heterocycles. The van der Waals surface area contributed by atoms with E-state index in [4.69, 9.17) is 0 Å². The van der Waals surface area contributed by atoms with Crippen molar-refractivity contribution in [2.75, 3.05) is 26.2 Å². The number of aldehydes is 1. The number of carbonyl (C=O) groups excluding carboxylic acids is 2. The van der Waals surface area contributed by atoms with Gasteiger partial charge in [0.2, 0.25) is 0 Å². The SMILES string of the molecule is CCN(CC)CCCNC(=O)c1c(C(C)C)[nH]c(C=O)c1C(C)C. The molecule has 0 radical (unpaired) electrons. The van der Waals surface area contributed by atoms with Gasteiger partial charge in [0.25, 0.3) is 5.91 Å². The molecule has 1 heterocycles. The zero-order chi connectivity index (χ0) is 18.3. The third-order valence-corrected chi connectivity index (χ3v) is 4.43. The molecule has 0 unspecified atom stereocenters. The predicted octanol–water partition coefficient (Wildman–Crippen LogP) is 3.54. The maximum Gasteiger partial charge on any atom is 0.253 e. The summed E-state index contributed by atoms with van der Waals surface area (Å²) in [7, 11) is 0. The number of rotatable bonds is 10. The van der Waals surface area contributed by atoms with Crippen molar-refractivity contribution in [1.29, 1.82) is 0 Å². The summed E-state index contributed by atoms with van der Waals surface area (Å²) in [6, 6.07) is 0. The molecule has 24 heavy (non-hydrogen) atoms. The highest BCUT2D eigenvalue weighted by Crippen LogP contribution is 2.30. The standard InChI is InChI=1S/C19H33N3O2/c1-7-22(8-2)11-9-10-20-19(24)17-16(13(3)4)15(12-23)21-18(17)14(5)6/h12-14,21H,7-11H2,1-6H3,(H,20,24). The molecule has 0 aliphatic rings. The third kappa shape index (κ3) is 4.94. The molecule has 0 spiro atoms. The molecule has 0 aliphatic carbocycles. The molecule has 136 valence electrons. The lowest BCUT2D eigenvalue weighted by atomic mass is 9.94. The molecule has 1 aromatic rings. The van der Waals surface area contributed by atoms with Gasteiger partial charge in [-0.05, 0) is 43.5 Å². The fourth-order valence-corrected chi connectivity index (χ4v) is 3.06. The average Bonchev–Trinajstić information content (AvgIpc) is 2.95. The number of carbonyl (C=O) groups is 2. The van der Waals surface area contributed by atoms with Gasteiger partial charge in [-0.3, -0.25) is 9.59 Å². The monoisotopic (exact) mass is 335 g/mol. The zero-order valence-corrected chi connectivity index (χ0v) is 16.0. The van der Waals surface area contributed by atoms with Crippen molar-refractivity contribution in [2.45, 2.75) is 59.8 Å². The van der Waals surface area contributed by atoms with E-state index in [0.29, 0.717) is 17.8 Å². The fourth-order valence-electron chi connectivity index (χ4n) is 3.06. The van der Waals surface area contributed by atoms with Gasteiger partial charge in [-0.2, -0.15) is 0 Å². The number of hydrogen-bond donors (Lipinski definition) is 2. The highest BCUT2D eigenvalue weighted by molar-refractivity contribution is 5.99. The van der Waals surface area contributed by atoms with E-state index < -0.39 is 0 Å². The van der Waals surface area contributed by atoms with Crippen LogP contribution in [0.2, 0.25) is 0 Å². The number of H-pyrrole nitrogens is 1. The summed E-state index contributed by atoms with van der Waals surface area (Å²) in [6.07, 6.45) is 1.74. The van der Waals surface area contributed by atoms with Crippen molar-refractivity contribution in [1.82, 2.24) is 15.2 Å². The van der Waals surface area contributed by atoms with Crippen LogP contribution in [0.3, 0.4) is 0 Å². The molecule has 1 aromatic heterocycles. The first kappa shape index (κ1) is 20.4. The number of aromatic amines is 1. The van der Waals surface area contributed by atoms with Gasteiger partial charge in [0.1, 0.15) is 0 Å². The molecule has 0 fully saturated rings. The quantitative estimate of drug-likeness (QED) is 0.508. The first-order valence-corrected chi connectivity index (χ1v) is 9.08. The highest BCUT2D eigenvalue weighted by Gasteiger charge is 2.25. The number of hydrogen-bond acceptors (Lipinski definition) is 3. The Morgan fingerprint density at radius 3 is 2.25 bits per heavy atom. The average molecular weight is 335 g/mol. The Kier molecular flexibility index (Phi) is 8.19. The molecule has 5 heteroatoms. The Morgan fingerprint density at radius 2 is 1.79 bits per heavy atom. The van der Waals surface area contributed by atoms with Crippen molar-refractivity contribution in [3.63, 3.8) is 0 Å². The van der Waals surface area contributed by atoms with Crippen LogP contribution in [-0.4, -0.2) is 48.3 Å². The molecule has 0 saturated carbocycles. The van der Waals surface area contributed by atoms with E-state index in [1.807, 2.05) is 27.7 Å². The van der Waals surface area contributed by atoms with Gasteiger partial charge in [-0.1, -0.05) is 41.5 Å². The molecule has 2 N–H and O–H groups in total. The van der Waals surface area contributed by atoms with Crippen LogP contribution in [-0.2, 0) is 0 Å². The van der Waals surface area contributed by atoms with Gasteiger partial charge in [0.15, 0.2) is 6.29 Å². The van der Waals surface area contributed by atoms with Crippen LogP contribution >= 0.6 is 0 Å². The summed E-state index contributed by atoms with van der Waals surface area (Å²) in [5.41, 5.74) is 2.86. The smallest absolute Gasteiger partial charge is 0.253 e. The van der Waals surface area contributed by atoms with Gasteiger partial charge in [-0.25, -0.2) is 0 Å². The van der Waals surface area contributed by atoms with E-state index in [9.17, 15) is 9.59 Å². The van der Waals surface area contributed by atoms with Crippen LogP contribution in [0.4, 0.5) is 0 Å². The molecule has 1 rings (SSSR count). The minimum Gasteiger partial charge on any atom is -0.355 e. The van der Waals surface area contributed by atoms with Crippen LogP contribution in [0.15, 0.2) is 0 Å². The summed E-state index contributed by atoms with van der Waals surface area (Å²) < 4.78 is 0. The second-order valence-electron chi connectivity index (χ2n) is 6.80. The second kappa shape index (κ2) is 9.62. The number of aromatic nitrogens is 1. The van der Waals surface area contributed by atoms with Crippen LogP contribution in [0.25, 0.3) is 0 Å². The molecular weight excluding hydrogens is 302 g/mol. The molecule has 5 nitrogen and oxygen atoms in total. The molecule has 0 atom stereocenters. The van der Waals surface area contributed by atoms with Gasteiger partial charge in [-0.15, -0.1) is 0 Å².